The van der Waals surface area contributed by atoms with Crippen LogP contribution in [0.4, 0.5) is 0 Å². The van der Waals surface area contributed by atoms with Gasteiger partial charge in [0.2, 0.25) is 0 Å². The fraction of sp³-hybridized carbons (Fsp3) is 0.235. The summed E-state index contributed by atoms with van der Waals surface area (Å²) in [5, 5.41) is 8.64. The summed E-state index contributed by atoms with van der Waals surface area (Å²) in [5.74, 6) is 0.0252. The fourth-order valence-electron chi connectivity index (χ4n) is 1.94. The molecule has 20 heavy (non-hydrogen) atoms. The van der Waals surface area contributed by atoms with Crippen LogP contribution in [0.15, 0.2) is 48.5 Å². The zero-order valence-corrected chi connectivity index (χ0v) is 11.5. The van der Waals surface area contributed by atoms with Crippen molar-refractivity contribution in [1.82, 2.24) is 0 Å². The molecular weight excluding hydrogens is 252 g/mol. The third kappa shape index (κ3) is 4.12. The molecule has 1 N–H and O–H groups in total. The zero-order valence-electron chi connectivity index (χ0n) is 11.5. The number of aryl methyl sites for hydroxylation is 2. The van der Waals surface area contributed by atoms with Crippen LogP contribution in [0.1, 0.15) is 23.1 Å². The van der Waals surface area contributed by atoms with Gasteiger partial charge >= 0.3 is 5.97 Å². The molecule has 3 nitrogen and oxygen atoms in total. The molecule has 0 heterocycles. The Hall–Kier alpha value is -2.29. The SMILES string of the molecule is Cc1ccccc1COc1ccc(CCC(=O)O)cc1. The molecular formula is C17H18O3. The van der Waals surface area contributed by atoms with E-state index >= 15 is 0 Å². The van der Waals surface area contributed by atoms with E-state index < -0.39 is 5.97 Å². The number of carbonyl (C=O) groups is 1. The first-order chi connectivity index (χ1) is 9.65. The third-order valence-corrected chi connectivity index (χ3v) is 3.21. The van der Waals surface area contributed by atoms with Crippen molar-refractivity contribution in [2.45, 2.75) is 26.4 Å². The van der Waals surface area contributed by atoms with Gasteiger partial charge in [-0.3, -0.25) is 4.79 Å². The van der Waals surface area contributed by atoms with E-state index in [1.807, 2.05) is 36.4 Å². The first-order valence-electron chi connectivity index (χ1n) is 6.63. The van der Waals surface area contributed by atoms with E-state index in [1.54, 1.807) is 0 Å². The average Bonchev–Trinajstić information content (AvgIpc) is 2.45. The summed E-state index contributed by atoms with van der Waals surface area (Å²) in [4.78, 5) is 10.5. The highest BCUT2D eigenvalue weighted by Crippen LogP contribution is 2.16. The Kier molecular flexibility index (Phi) is 4.77. The maximum atomic E-state index is 10.5. The summed E-state index contributed by atoms with van der Waals surface area (Å²) in [7, 11) is 0. The van der Waals surface area contributed by atoms with Gasteiger partial charge in [-0.25, -0.2) is 0 Å². The maximum absolute atomic E-state index is 10.5. The number of hydrogen-bond acceptors (Lipinski definition) is 2. The maximum Gasteiger partial charge on any atom is 0.303 e. The highest BCUT2D eigenvalue weighted by Gasteiger charge is 2.01. The van der Waals surface area contributed by atoms with E-state index in [0.717, 1.165) is 11.3 Å². The molecule has 2 aromatic rings. The molecule has 0 bridgehead atoms. The molecule has 0 saturated heterocycles. The molecule has 0 aliphatic carbocycles. The quantitative estimate of drug-likeness (QED) is 0.872. The van der Waals surface area contributed by atoms with Crippen molar-refractivity contribution in [1.29, 1.82) is 0 Å². The van der Waals surface area contributed by atoms with Gasteiger partial charge in [-0.2, -0.15) is 0 Å². The van der Waals surface area contributed by atoms with E-state index in [1.165, 1.54) is 11.1 Å². The largest absolute Gasteiger partial charge is 0.489 e. The minimum atomic E-state index is -0.773. The number of rotatable bonds is 6. The lowest BCUT2D eigenvalue weighted by Crippen LogP contribution is -1.99. The number of hydrogen-bond donors (Lipinski definition) is 1. The smallest absolute Gasteiger partial charge is 0.303 e. The monoisotopic (exact) mass is 270 g/mol. The molecule has 0 amide bonds. The minimum absolute atomic E-state index is 0.156. The van der Waals surface area contributed by atoms with Gasteiger partial charge in [0.25, 0.3) is 0 Å². The van der Waals surface area contributed by atoms with E-state index in [0.29, 0.717) is 13.0 Å². The highest BCUT2D eigenvalue weighted by molar-refractivity contribution is 5.67. The molecule has 0 aromatic heterocycles. The predicted octanol–water partition coefficient (Wildman–Crippen LogP) is 3.59. The Balaban J connectivity index is 1.91. The summed E-state index contributed by atoms with van der Waals surface area (Å²) in [5.41, 5.74) is 3.39. The summed E-state index contributed by atoms with van der Waals surface area (Å²) in [6.07, 6.45) is 0.705. The van der Waals surface area contributed by atoms with E-state index in [-0.39, 0.29) is 6.42 Å². The Morgan fingerprint density at radius 2 is 1.80 bits per heavy atom. The second kappa shape index (κ2) is 6.75. The number of aliphatic carboxylic acids is 1. The molecule has 2 aromatic carbocycles. The van der Waals surface area contributed by atoms with Gasteiger partial charge in [-0.05, 0) is 42.2 Å². The topological polar surface area (TPSA) is 46.5 Å². The van der Waals surface area contributed by atoms with Crippen LogP contribution in [0, 0.1) is 6.92 Å². The van der Waals surface area contributed by atoms with Crippen molar-refractivity contribution >= 4 is 5.97 Å². The van der Waals surface area contributed by atoms with E-state index in [9.17, 15) is 4.79 Å². The molecule has 0 atom stereocenters. The molecule has 0 spiro atoms. The lowest BCUT2D eigenvalue weighted by molar-refractivity contribution is -0.136. The summed E-state index contributed by atoms with van der Waals surface area (Å²) in [6, 6.07) is 15.7. The van der Waals surface area contributed by atoms with Crippen LogP contribution in [0.3, 0.4) is 0 Å². The minimum Gasteiger partial charge on any atom is -0.489 e. The van der Waals surface area contributed by atoms with Crippen LogP contribution in [0.2, 0.25) is 0 Å². The second-order valence-electron chi connectivity index (χ2n) is 4.75. The van der Waals surface area contributed by atoms with Crippen molar-refractivity contribution in [3.05, 3.63) is 65.2 Å². The van der Waals surface area contributed by atoms with Gasteiger partial charge in [-0.15, -0.1) is 0 Å². The van der Waals surface area contributed by atoms with Crippen molar-refractivity contribution in [2.75, 3.05) is 0 Å². The molecule has 0 aliphatic rings. The molecule has 0 fully saturated rings. The molecule has 0 aliphatic heterocycles. The Morgan fingerprint density at radius 3 is 2.45 bits per heavy atom. The molecule has 104 valence electrons. The van der Waals surface area contributed by atoms with Crippen molar-refractivity contribution in [3.8, 4) is 5.75 Å². The molecule has 2 rings (SSSR count). The van der Waals surface area contributed by atoms with Crippen molar-refractivity contribution in [2.24, 2.45) is 0 Å². The van der Waals surface area contributed by atoms with Crippen LogP contribution in [-0.4, -0.2) is 11.1 Å². The molecule has 0 unspecified atom stereocenters. The summed E-state index contributed by atoms with van der Waals surface area (Å²) >= 11 is 0. The van der Waals surface area contributed by atoms with Crippen molar-refractivity contribution < 1.29 is 14.6 Å². The molecule has 0 radical (unpaired) electrons. The normalized spacial score (nSPS) is 10.2. The third-order valence-electron chi connectivity index (χ3n) is 3.21. The Labute approximate surface area is 118 Å². The van der Waals surface area contributed by atoms with Crippen LogP contribution < -0.4 is 4.74 Å². The van der Waals surface area contributed by atoms with Gasteiger partial charge in [0.15, 0.2) is 0 Å². The highest BCUT2D eigenvalue weighted by atomic mass is 16.5. The van der Waals surface area contributed by atoms with Gasteiger partial charge in [0.05, 0.1) is 0 Å². The van der Waals surface area contributed by atoms with Gasteiger partial charge in [-0.1, -0.05) is 36.4 Å². The van der Waals surface area contributed by atoms with Gasteiger partial charge < -0.3 is 9.84 Å². The zero-order chi connectivity index (χ0) is 14.4. The predicted molar refractivity (Wildman–Crippen MR) is 77.9 cm³/mol. The number of benzene rings is 2. The van der Waals surface area contributed by atoms with Crippen LogP contribution in [-0.2, 0) is 17.8 Å². The Bertz CT molecular complexity index is 573. The number of carboxylic acid groups (broad SMARTS) is 1. The second-order valence-corrected chi connectivity index (χ2v) is 4.75. The molecule has 0 saturated carbocycles. The summed E-state index contributed by atoms with van der Waals surface area (Å²) in [6.45, 7) is 2.61. The van der Waals surface area contributed by atoms with Crippen LogP contribution in [0.5, 0.6) is 5.75 Å². The van der Waals surface area contributed by atoms with Crippen LogP contribution in [0.25, 0.3) is 0 Å². The fourth-order valence-corrected chi connectivity index (χ4v) is 1.94. The number of carboxylic acids is 1. The van der Waals surface area contributed by atoms with E-state index in [2.05, 4.69) is 19.1 Å². The first-order valence-corrected chi connectivity index (χ1v) is 6.63. The lowest BCUT2D eigenvalue weighted by atomic mass is 10.1. The van der Waals surface area contributed by atoms with Crippen molar-refractivity contribution in [3.63, 3.8) is 0 Å². The average molecular weight is 270 g/mol. The lowest BCUT2D eigenvalue weighted by Gasteiger charge is -2.09. The van der Waals surface area contributed by atoms with E-state index in [4.69, 9.17) is 9.84 Å². The van der Waals surface area contributed by atoms with Gasteiger partial charge in [0, 0.05) is 6.42 Å². The first kappa shape index (κ1) is 14.1. The number of ether oxygens (including phenoxy) is 1. The van der Waals surface area contributed by atoms with Crippen LogP contribution >= 0.6 is 0 Å². The Morgan fingerprint density at radius 1 is 1.10 bits per heavy atom. The summed E-state index contributed by atoms with van der Waals surface area (Å²) < 4.78 is 5.74. The standard InChI is InChI=1S/C17H18O3/c1-13-4-2-3-5-15(13)12-20-16-9-6-14(7-10-16)8-11-17(18)19/h2-7,9-10H,8,11-12H2,1H3,(H,18,19). The molecule has 3 heteroatoms. The van der Waals surface area contributed by atoms with Gasteiger partial charge in [0.1, 0.15) is 12.4 Å².